The molecule has 0 amide bonds. The first-order valence-electron chi connectivity index (χ1n) is 6.83. The molecule has 1 atom stereocenters. The van der Waals surface area contributed by atoms with Crippen molar-refractivity contribution in [1.29, 1.82) is 0 Å². The van der Waals surface area contributed by atoms with Crippen molar-refractivity contribution in [2.24, 2.45) is 0 Å². The molecule has 6 nitrogen and oxygen atoms in total. The molecule has 0 saturated heterocycles. The van der Waals surface area contributed by atoms with Crippen LogP contribution in [0, 0.1) is 0 Å². The predicted molar refractivity (Wildman–Crippen MR) is 84.4 cm³/mol. The Morgan fingerprint density at radius 2 is 1.95 bits per heavy atom. The van der Waals surface area contributed by atoms with E-state index in [1.54, 1.807) is 6.92 Å². The lowest BCUT2D eigenvalue weighted by Crippen LogP contribution is -2.40. The van der Waals surface area contributed by atoms with Crippen LogP contribution in [0.15, 0.2) is 53.6 Å². The zero-order chi connectivity index (χ0) is 16.2. The van der Waals surface area contributed by atoms with Crippen molar-refractivity contribution in [2.45, 2.75) is 24.4 Å². The lowest BCUT2D eigenvalue weighted by Gasteiger charge is -2.27. The topological polar surface area (TPSA) is 96.5 Å². The summed E-state index contributed by atoms with van der Waals surface area (Å²) in [7, 11) is -3.78. The molecule has 0 aliphatic rings. The number of nitrogens with two attached hydrogens (primary N) is 1. The molecular formula is C15H19N3O3S. The Balaban J connectivity index is 2.40. The molecule has 1 heterocycles. The van der Waals surface area contributed by atoms with Crippen molar-refractivity contribution in [2.75, 3.05) is 12.3 Å². The molecule has 0 aliphatic carbocycles. The number of sulfonamides is 1. The molecule has 22 heavy (non-hydrogen) atoms. The third-order valence-electron chi connectivity index (χ3n) is 3.30. The first-order chi connectivity index (χ1) is 10.4. The van der Waals surface area contributed by atoms with Gasteiger partial charge in [0.1, 0.15) is 5.82 Å². The van der Waals surface area contributed by atoms with Crippen molar-refractivity contribution in [3.8, 4) is 0 Å². The van der Waals surface area contributed by atoms with Gasteiger partial charge in [0.25, 0.3) is 0 Å². The van der Waals surface area contributed by atoms with Gasteiger partial charge >= 0.3 is 0 Å². The van der Waals surface area contributed by atoms with E-state index in [1.165, 1.54) is 22.6 Å². The van der Waals surface area contributed by atoms with Gasteiger partial charge in [-0.1, -0.05) is 30.3 Å². The quantitative estimate of drug-likeness (QED) is 0.834. The second-order valence-corrected chi connectivity index (χ2v) is 6.87. The fourth-order valence-corrected chi connectivity index (χ4v) is 3.69. The molecule has 1 unspecified atom stereocenters. The van der Waals surface area contributed by atoms with E-state index in [2.05, 4.69) is 4.98 Å². The maximum Gasteiger partial charge on any atom is 0.243 e. The van der Waals surface area contributed by atoms with Crippen LogP contribution in [-0.2, 0) is 16.6 Å². The SMILES string of the molecule is CC(CO)N(Cc1ccccc1)S(=O)(=O)c1ccnc(N)c1. The lowest BCUT2D eigenvalue weighted by atomic mass is 10.2. The maximum absolute atomic E-state index is 12.8. The Bertz CT molecular complexity index is 720. The van der Waals surface area contributed by atoms with Crippen molar-refractivity contribution in [1.82, 2.24) is 9.29 Å². The smallest absolute Gasteiger partial charge is 0.243 e. The van der Waals surface area contributed by atoms with Crippen LogP contribution in [0.3, 0.4) is 0 Å². The second-order valence-electron chi connectivity index (χ2n) is 4.98. The van der Waals surface area contributed by atoms with Crippen molar-refractivity contribution >= 4 is 15.8 Å². The third kappa shape index (κ3) is 3.62. The number of benzene rings is 1. The largest absolute Gasteiger partial charge is 0.395 e. The van der Waals surface area contributed by atoms with Crippen LogP contribution in [-0.4, -0.2) is 35.5 Å². The minimum atomic E-state index is -3.78. The Morgan fingerprint density at radius 1 is 1.27 bits per heavy atom. The molecule has 0 bridgehead atoms. The molecular weight excluding hydrogens is 302 g/mol. The van der Waals surface area contributed by atoms with E-state index in [9.17, 15) is 13.5 Å². The molecule has 0 fully saturated rings. The summed E-state index contributed by atoms with van der Waals surface area (Å²) < 4.78 is 26.9. The molecule has 7 heteroatoms. The number of nitrogens with zero attached hydrogens (tertiary/aromatic N) is 2. The van der Waals surface area contributed by atoms with Gasteiger partial charge < -0.3 is 10.8 Å². The number of nitrogen functional groups attached to an aromatic ring is 1. The number of pyridine rings is 1. The van der Waals surface area contributed by atoms with Gasteiger partial charge in [0.15, 0.2) is 0 Å². The minimum Gasteiger partial charge on any atom is -0.395 e. The molecule has 0 saturated carbocycles. The molecule has 0 radical (unpaired) electrons. The normalized spacial score (nSPS) is 13.2. The first kappa shape index (κ1) is 16.4. The summed E-state index contributed by atoms with van der Waals surface area (Å²) in [4.78, 5) is 3.87. The molecule has 2 rings (SSSR count). The van der Waals surface area contributed by atoms with E-state index < -0.39 is 16.1 Å². The number of rotatable bonds is 6. The summed E-state index contributed by atoms with van der Waals surface area (Å²) in [6.07, 6.45) is 1.35. The zero-order valence-corrected chi connectivity index (χ0v) is 13.1. The second kappa shape index (κ2) is 6.87. The maximum atomic E-state index is 12.8. The van der Waals surface area contributed by atoms with Gasteiger partial charge in [-0.2, -0.15) is 4.31 Å². The summed E-state index contributed by atoms with van der Waals surface area (Å²) in [6.45, 7) is 1.56. The summed E-state index contributed by atoms with van der Waals surface area (Å²) in [5.41, 5.74) is 6.41. The third-order valence-corrected chi connectivity index (χ3v) is 5.25. The van der Waals surface area contributed by atoms with Crippen LogP contribution in [0.4, 0.5) is 5.82 Å². The fourth-order valence-electron chi connectivity index (χ4n) is 2.06. The highest BCUT2D eigenvalue weighted by Gasteiger charge is 2.29. The predicted octanol–water partition coefficient (Wildman–Crippen LogP) is 1.24. The first-order valence-corrected chi connectivity index (χ1v) is 8.27. The van der Waals surface area contributed by atoms with Crippen LogP contribution in [0.1, 0.15) is 12.5 Å². The van der Waals surface area contributed by atoms with Gasteiger partial charge in [0.05, 0.1) is 11.5 Å². The average Bonchev–Trinajstić information content (AvgIpc) is 2.52. The summed E-state index contributed by atoms with van der Waals surface area (Å²) in [5.74, 6) is 0.136. The number of hydrogen-bond donors (Lipinski definition) is 2. The molecule has 3 N–H and O–H groups in total. The molecule has 0 aliphatic heterocycles. The Labute approximate surface area is 130 Å². The number of hydrogen-bond acceptors (Lipinski definition) is 5. The van der Waals surface area contributed by atoms with Gasteiger partial charge in [-0.25, -0.2) is 13.4 Å². The van der Waals surface area contributed by atoms with Gasteiger partial charge in [-0.3, -0.25) is 0 Å². The number of aromatic nitrogens is 1. The summed E-state index contributed by atoms with van der Waals surface area (Å²) in [5, 5.41) is 9.40. The van der Waals surface area contributed by atoms with Crippen LogP contribution in [0.2, 0.25) is 0 Å². The Morgan fingerprint density at radius 3 is 2.55 bits per heavy atom. The highest BCUT2D eigenvalue weighted by molar-refractivity contribution is 7.89. The van der Waals surface area contributed by atoms with Crippen molar-refractivity contribution in [3.05, 3.63) is 54.2 Å². The number of aliphatic hydroxyl groups is 1. The van der Waals surface area contributed by atoms with Crippen LogP contribution in [0.5, 0.6) is 0 Å². The number of anilines is 1. The van der Waals surface area contributed by atoms with Crippen LogP contribution >= 0.6 is 0 Å². The zero-order valence-electron chi connectivity index (χ0n) is 12.3. The van der Waals surface area contributed by atoms with E-state index in [0.717, 1.165) is 5.56 Å². The van der Waals surface area contributed by atoms with E-state index in [1.807, 2.05) is 30.3 Å². The standard InChI is InChI=1S/C15H19N3O3S/c1-12(11-19)18(10-13-5-3-2-4-6-13)22(20,21)14-7-8-17-15(16)9-14/h2-9,12,19H,10-11H2,1H3,(H2,16,17). The highest BCUT2D eigenvalue weighted by atomic mass is 32.2. The van der Waals surface area contributed by atoms with E-state index >= 15 is 0 Å². The van der Waals surface area contributed by atoms with E-state index in [4.69, 9.17) is 5.73 Å². The van der Waals surface area contributed by atoms with Gasteiger partial charge in [0.2, 0.25) is 10.0 Å². The Kier molecular flexibility index (Phi) is 5.12. The minimum absolute atomic E-state index is 0.0660. The van der Waals surface area contributed by atoms with Crippen molar-refractivity contribution < 1.29 is 13.5 Å². The number of aliphatic hydroxyl groups excluding tert-OH is 1. The van der Waals surface area contributed by atoms with Crippen LogP contribution in [0.25, 0.3) is 0 Å². The monoisotopic (exact) mass is 321 g/mol. The van der Waals surface area contributed by atoms with E-state index in [0.29, 0.717) is 0 Å². The van der Waals surface area contributed by atoms with Gasteiger partial charge in [0, 0.05) is 24.8 Å². The summed E-state index contributed by atoms with van der Waals surface area (Å²) >= 11 is 0. The fraction of sp³-hybridized carbons (Fsp3) is 0.267. The molecule has 1 aromatic heterocycles. The molecule has 1 aromatic carbocycles. The average molecular weight is 321 g/mol. The Hall–Kier alpha value is -1.96. The highest BCUT2D eigenvalue weighted by Crippen LogP contribution is 2.21. The molecule has 2 aromatic rings. The summed E-state index contributed by atoms with van der Waals surface area (Å²) in [6, 6.07) is 11.4. The van der Waals surface area contributed by atoms with Gasteiger partial charge in [-0.15, -0.1) is 0 Å². The lowest BCUT2D eigenvalue weighted by molar-refractivity contribution is 0.194. The van der Waals surface area contributed by atoms with Crippen LogP contribution < -0.4 is 5.73 Å². The molecule has 118 valence electrons. The molecule has 0 spiro atoms. The van der Waals surface area contributed by atoms with Gasteiger partial charge in [-0.05, 0) is 18.6 Å². The van der Waals surface area contributed by atoms with E-state index in [-0.39, 0.29) is 23.9 Å². The van der Waals surface area contributed by atoms with Crippen molar-refractivity contribution in [3.63, 3.8) is 0 Å².